The number of nitrogens with two attached hydrogens (primary N) is 1. The van der Waals surface area contributed by atoms with Crippen molar-refractivity contribution in [3.05, 3.63) is 113 Å². The summed E-state index contributed by atoms with van der Waals surface area (Å²) in [5, 5.41) is 0. The number of methoxy groups -OCH3 is 6. The van der Waals surface area contributed by atoms with Crippen molar-refractivity contribution in [2.75, 3.05) is 42.7 Å². The fraction of sp³-hybridized carbons (Fsp3) is 0.257. The van der Waals surface area contributed by atoms with E-state index >= 15 is 0 Å². The van der Waals surface area contributed by atoms with Gasteiger partial charge in [-0.05, 0) is 47.5 Å². The van der Waals surface area contributed by atoms with Crippen LogP contribution in [0.15, 0.2) is 79.3 Å². The number of benzene rings is 2. The van der Waals surface area contributed by atoms with Crippen LogP contribution in [0.4, 0.5) is 0 Å². The largest absolute Gasteiger partial charge is 0.497 e. The number of rotatable bonds is 12. The van der Waals surface area contributed by atoms with Crippen LogP contribution in [-0.2, 0) is 48.0 Å². The summed E-state index contributed by atoms with van der Waals surface area (Å²) in [6.45, 7) is 0.942. The second kappa shape index (κ2) is 17.6. The van der Waals surface area contributed by atoms with Crippen molar-refractivity contribution in [1.29, 1.82) is 0 Å². The third-order valence-electron chi connectivity index (χ3n) is 7.24. The molecule has 0 aliphatic carbocycles. The van der Waals surface area contributed by atoms with Gasteiger partial charge in [0.1, 0.15) is 11.5 Å². The van der Waals surface area contributed by atoms with Crippen LogP contribution in [0.1, 0.15) is 43.2 Å². The van der Waals surface area contributed by atoms with Gasteiger partial charge >= 0.3 is 23.9 Å². The minimum Gasteiger partial charge on any atom is -0.497 e. The van der Waals surface area contributed by atoms with Gasteiger partial charge in [-0.25, -0.2) is 14.4 Å². The monoisotopic (exact) mass is 661 g/mol. The molecule has 0 atom stereocenters. The van der Waals surface area contributed by atoms with Crippen molar-refractivity contribution >= 4 is 29.5 Å². The van der Waals surface area contributed by atoms with Crippen molar-refractivity contribution in [3.8, 4) is 11.5 Å². The van der Waals surface area contributed by atoms with Crippen LogP contribution in [-0.4, -0.2) is 75.7 Å². The number of carbonyl (C=O) groups is 4. The molecule has 0 spiro atoms. The fourth-order valence-electron chi connectivity index (χ4n) is 4.74. The molecule has 2 heterocycles. The molecule has 13 heteroatoms. The molecule has 0 bridgehead atoms. The number of ether oxygens (including phenoxy) is 6. The van der Waals surface area contributed by atoms with Crippen molar-refractivity contribution in [2.24, 2.45) is 5.73 Å². The molecule has 2 aromatic heterocycles. The summed E-state index contributed by atoms with van der Waals surface area (Å²) >= 11 is 0. The van der Waals surface area contributed by atoms with Crippen LogP contribution in [0, 0.1) is 0 Å². The molecule has 0 saturated carbocycles. The molecular formula is C35H39N3O10. The Kier molecular flexibility index (Phi) is 13.4. The predicted octanol–water partition coefficient (Wildman–Crippen LogP) is 3.85. The molecule has 254 valence electrons. The van der Waals surface area contributed by atoms with Gasteiger partial charge in [0.15, 0.2) is 0 Å². The predicted molar refractivity (Wildman–Crippen MR) is 176 cm³/mol. The molecule has 48 heavy (non-hydrogen) atoms. The van der Waals surface area contributed by atoms with Crippen molar-refractivity contribution in [1.82, 2.24) is 9.13 Å². The number of esters is 4. The lowest BCUT2D eigenvalue weighted by Crippen LogP contribution is -2.15. The zero-order valence-corrected chi connectivity index (χ0v) is 27.7. The molecule has 0 unspecified atom stereocenters. The van der Waals surface area contributed by atoms with Gasteiger partial charge < -0.3 is 43.3 Å². The van der Waals surface area contributed by atoms with Crippen LogP contribution in [0.3, 0.4) is 0 Å². The summed E-state index contributed by atoms with van der Waals surface area (Å²) in [6.07, 6.45) is 4.58. The van der Waals surface area contributed by atoms with Crippen molar-refractivity contribution in [3.63, 3.8) is 0 Å². The van der Waals surface area contributed by atoms with Gasteiger partial charge in [-0.15, -0.1) is 0 Å². The highest BCUT2D eigenvalue weighted by molar-refractivity contribution is 6.18. The molecule has 0 radical (unpaired) electrons. The molecule has 0 aliphatic heterocycles. The van der Waals surface area contributed by atoms with E-state index in [4.69, 9.17) is 34.2 Å². The van der Waals surface area contributed by atoms with Gasteiger partial charge in [0, 0.05) is 37.4 Å². The fourth-order valence-corrected chi connectivity index (χ4v) is 4.74. The Bertz CT molecular complexity index is 1730. The minimum absolute atomic E-state index is 0.00406. The first-order chi connectivity index (χ1) is 23.1. The highest BCUT2D eigenvalue weighted by Gasteiger charge is 2.25. The average Bonchev–Trinajstić information content (AvgIpc) is 3.72. The van der Waals surface area contributed by atoms with Crippen LogP contribution in [0.25, 0.3) is 5.57 Å². The van der Waals surface area contributed by atoms with E-state index in [-0.39, 0.29) is 17.6 Å². The number of hydrogen-bond donors (Lipinski definition) is 1. The van der Waals surface area contributed by atoms with Crippen LogP contribution in [0.2, 0.25) is 0 Å². The Morgan fingerprint density at radius 2 is 1.10 bits per heavy atom. The molecule has 2 aromatic carbocycles. The van der Waals surface area contributed by atoms with Gasteiger partial charge in [-0.2, -0.15) is 0 Å². The molecule has 0 aliphatic rings. The van der Waals surface area contributed by atoms with Gasteiger partial charge in [0.25, 0.3) is 0 Å². The highest BCUT2D eigenvalue weighted by atomic mass is 16.5. The van der Waals surface area contributed by atoms with Crippen molar-refractivity contribution < 1.29 is 47.6 Å². The zero-order chi connectivity index (χ0) is 35.2. The Morgan fingerprint density at radius 1 is 0.625 bits per heavy atom. The Morgan fingerprint density at radius 3 is 1.56 bits per heavy atom. The first-order valence-electron chi connectivity index (χ1n) is 14.5. The van der Waals surface area contributed by atoms with Crippen LogP contribution < -0.4 is 15.2 Å². The molecule has 4 rings (SSSR count). The Balaban J connectivity index is 0.000000261. The SMILES string of the molecule is COC(=O)C(=CN)c1c(C(=O)OC)ccn1Cc1ccc(OC)cc1.COC(=O)Cc1c(C(=O)OC)ccn1Cc1ccc(OC)cc1. The Hall–Kier alpha value is -5.98. The lowest BCUT2D eigenvalue weighted by Gasteiger charge is -2.13. The molecule has 13 nitrogen and oxygen atoms in total. The average molecular weight is 662 g/mol. The van der Waals surface area contributed by atoms with E-state index in [1.165, 1.54) is 28.4 Å². The lowest BCUT2D eigenvalue weighted by molar-refractivity contribution is -0.140. The summed E-state index contributed by atoms with van der Waals surface area (Å²) in [4.78, 5) is 47.6. The maximum Gasteiger partial charge on any atom is 0.341 e. The standard InChI is InChI=1S/C18H20N2O5.C17H19NO5/c1-23-13-6-4-12(5-7-13)11-20-9-8-14(17(21)24-2)16(20)15(10-19)18(22)25-3;1-21-13-6-4-12(5-7-13)11-18-9-8-14(17(20)23-3)15(18)10-16(19)22-2/h4-10H,11,19H2,1-3H3;4-9H,10-11H2,1-3H3. The van der Waals surface area contributed by atoms with E-state index in [0.717, 1.165) is 28.8 Å². The topological polar surface area (TPSA) is 160 Å². The molecule has 2 N–H and O–H groups in total. The third-order valence-corrected chi connectivity index (χ3v) is 7.24. The van der Waals surface area contributed by atoms with Crippen molar-refractivity contribution in [2.45, 2.75) is 19.5 Å². The summed E-state index contributed by atoms with van der Waals surface area (Å²) in [5.41, 5.74) is 9.18. The van der Waals surface area contributed by atoms with E-state index in [1.807, 2.05) is 53.1 Å². The second-order valence-corrected chi connectivity index (χ2v) is 10.0. The number of hydrogen-bond acceptors (Lipinski definition) is 11. The van der Waals surface area contributed by atoms with Gasteiger partial charge in [-0.1, -0.05) is 24.3 Å². The maximum atomic E-state index is 12.0. The van der Waals surface area contributed by atoms with Gasteiger partial charge in [-0.3, -0.25) is 4.79 Å². The van der Waals surface area contributed by atoms with Gasteiger partial charge in [0.2, 0.25) is 0 Å². The lowest BCUT2D eigenvalue weighted by atomic mass is 10.1. The second-order valence-electron chi connectivity index (χ2n) is 10.0. The molecule has 0 amide bonds. The highest BCUT2D eigenvalue weighted by Crippen LogP contribution is 2.24. The molecular weight excluding hydrogens is 622 g/mol. The first-order valence-corrected chi connectivity index (χ1v) is 14.5. The van der Waals surface area contributed by atoms with E-state index in [9.17, 15) is 19.2 Å². The quantitative estimate of drug-likeness (QED) is 0.133. The van der Waals surface area contributed by atoms with E-state index in [1.54, 1.807) is 43.3 Å². The molecule has 0 fully saturated rings. The summed E-state index contributed by atoms with van der Waals surface area (Å²) in [6, 6.07) is 18.3. The van der Waals surface area contributed by atoms with E-state index in [2.05, 4.69) is 0 Å². The van der Waals surface area contributed by atoms with Crippen LogP contribution in [0.5, 0.6) is 11.5 Å². The smallest absolute Gasteiger partial charge is 0.341 e. The van der Waals surface area contributed by atoms with Crippen LogP contribution >= 0.6 is 0 Å². The molecule has 4 aromatic rings. The third kappa shape index (κ3) is 9.06. The summed E-state index contributed by atoms with van der Waals surface area (Å²) in [5.74, 6) is -0.577. The van der Waals surface area contributed by atoms with Gasteiger partial charge in [0.05, 0.1) is 71.5 Å². The first kappa shape index (κ1) is 36.5. The minimum atomic E-state index is -0.637. The summed E-state index contributed by atoms with van der Waals surface area (Å²) in [7, 11) is 8.35. The van der Waals surface area contributed by atoms with E-state index in [0.29, 0.717) is 30.0 Å². The number of carbonyl (C=O) groups excluding carboxylic acids is 4. The number of nitrogens with zero attached hydrogens (tertiary/aromatic N) is 2. The molecule has 0 saturated heterocycles. The summed E-state index contributed by atoms with van der Waals surface area (Å²) < 4.78 is 32.9. The van der Waals surface area contributed by atoms with E-state index < -0.39 is 23.9 Å². The zero-order valence-electron chi connectivity index (χ0n) is 27.7. The number of aromatic nitrogens is 2. The maximum absolute atomic E-state index is 12.0. The Labute approximate surface area is 278 Å². The normalized spacial score (nSPS) is 10.7.